The molecule has 0 atom stereocenters. The number of hydrogen-bond acceptors (Lipinski definition) is 4. The Morgan fingerprint density at radius 2 is 1.91 bits per heavy atom. The number of carbonyl (C=O) groups is 1. The second-order valence-electron chi connectivity index (χ2n) is 4.76. The molecule has 0 N–H and O–H groups in total. The van der Waals surface area contributed by atoms with E-state index < -0.39 is 17.8 Å². The lowest BCUT2D eigenvalue weighted by molar-refractivity contribution is -0.141. The summed E-state index contributed by atoms with van der Waals surface area (Å²) in [6.07, 6.45) is -3.60. The number of nitrogens with zero attached hydrogens (tertiary/aromatic N) is 3. The minimum absolute atomic E-state index is 0.0692. The van der Waals surface area contributed by atoms with Crippen LogP contribution in [0.15, 0.2) is 42.6 Å². The molecule has 0 bridgehead atoms. The Balaban J connectivity index is 1.87. The highest BCUT2D eigenvalue weighted by Crippen LogP contribution is 2.29. The fourth-order valence-corrected chi connectivity index (χ4v) is 2.90. The molecule has 1 amide bonds. The molecule has 0 saturated carbocycles. The average molecular weight is 337 g/mol. The van der Waals surface area contributed by atoms with Gasteiger partial charge >= 0.3 is 6.18 Å². The molecule has 0 aliphatic rings. The van der Waals surface area contributed by atoms with Crippen molar-refractivity contribution in [3.05, 3.63) is 53.9 Å². The molecule has 3 rings (SSSR count). The molecule has 0 unspecified atom stereocenters. The van der Waals surface area contributed by atoms with E-state index in [1.807, 2.05) is 24.3 Å². The lowest BCUT2D eigenvalue weighted by atomic mass is 10.2. The summed E-state index contributed by atoms with van der Waals surface area (Å²) in [6, 6.07) is 9.32. The van der Waals surface area contributed by atoms with Crippen LogP contribution in [0, 0.1) is 0 Å². The van der Waals surface area contributed by atoms with Gasteiger partial charge in [0, 0.05) is 13.2 Å². The molecule has 23 heavy (non-hydrogen) atoms. The van der Waals surface area contributed by atoms with Gasteiger partial charge in [-0.25, -0.2) is 4.98 Å². The van der Waals surface area contributed by atoms with Crippen LogP contribution in [0.4, 0.5) is 18.3 Å². The van der Waals surface area contributed by atoms with Gasteiger partial charge in [-0.15, -0.1) is 0 Å². The Labute approximate surface area is 133 Å². The first-order chi connectivity index (χ1) is 10.9. The summed E-state index contributed by atoms with van der Waals surface area (Å²) in [4.78, 5) is 21.3. The Bertz CT molecular complexity index is 825. The van der Waals surface area contributed by atoms with Crippen molar-refractivity contribution in [2.45, 2.75) is 6.18 Å². The Hall–Kier alpha value is -2.48. The number of anilines is 1. The smallest absolute Gasteiger partial charge is 0.287 e. The summed E-state index contributed by atoms with van der Waals surface area (Å²) in [6.45, 7) is 0. The van der Waals surface area contributed by atoms with Crippen molar-refractivity contribution in [1.29, 1.82) is 0 Å². The van der Waals surface area contributed by atoms with Gasteiger partial charge in [-0.05, 0) is 24.3 Å². The molecule has 118 valence electrons. The monoisotopic (exact) mass is 337 g/mol. The first-order valence-corrected chi connectivity index (χ1v) is 7.35. The summed E-state index contributed by atoms with van der Waals surface area (Å²) in [7, 11) is 1.53. The highest BCUT2D eigenvalue weighted by Gasteiger charge is 2.32. The third kappa shape index (κ3) is 3.02. The minimum Gasteiger partial charge on any atom is -0.287 e. The molecular formula is C15H10F3N3OS. The second kappa shape index (κ2) is 5.62. The van der Waals surface area contributed by atoms with Crippen LogP contribution in [0.3, 0.4) is 0 Å². The molecule has 8 heteroatoms. The molecule has 0 saturated heterocycles. The molecule has 4 nitrogen and oxygen atoms in total. The van der Waals surface area contributed by atoms with E-state index >= 15 is 0 Å². The fraction of sp³-hybridized carbons (Fsp3) is 0.133. The third-order valence-electron chi connectivity index (χ3n) is 3.18. The van der Waals surface area contributed by atoms with Crippen LogP contribution in [0.2, 0.25) is 0 Å². The van der Waals surface area contributed by atoms with Gasteiger partial charge in [0.25, 0.3) is 5.91 Å². The van der Waals surface area contributed by atoms with Crippen LogP contribution in [-0.4, -0.2) is 22.9 Å². The summed E-state index contributed by atoms with van der Waals surface area (Å²) in [5.74, 6) is -0.467. The highest BCUT2D eigenvalue weighted by molar-refractivity contribution is 7.22. The topological polar surface area (TPSA) is 46.1 Å². The van der Waals surface area contributed by atoms with Crippen molar-refractivity contribution in [3.63, 3.8) is 0 Å². The van der Waals surface area contributed by atoms with E-state index in [4.69, 9.17) is 0 Å². The van der Waals surface area contributed by atoms with E-state index in [1.165, 1.54) is 23.3 Å². The number of fused-ring (bicyclic) bond motifs is 1. The zero-order valence-electron chi connectivity index (χ0n) is 11.8. The van der Waals surface area contributed by atoms with Crippen molar-refractivity contribution in [3.8, 4) is 0 Å². The van der Waals surface area contributed by atoms with Crippen molar-refractivity contribution in [2.75, 3.05) is 11.9 Å². The molecular weight excluding hydrogens is 327 g/mol. The van der Waals surface area contributed by atoms with Gasteiger partial charge < -0.3 is 0 Å². The van der Waals surface area contributed by atoms with Gasteiger partial charge in [-0.2, -0.15) is 13.2 Å². The first-order valence-electron chi connectivity index (χ1n) is 6.53. The number of halogens is 3. The summed E-state index contributed by atoms with van der Waals surface area (Å²) >= 11 is 1.33. The van der Waals surface area contributed by atoms with Crippen molar-refractivity contribution in [1.82, 2.24) is 9.97 Å². The third-order valence-corrected chi connectivity index (χ3v) is 4.29. The maximum atomic E-state index is 12.5. The predicted octanol–water partition coefficient (Wildman–Crippen LogP) is 3.99. The number of thiazole rings is 1. The molecule has 0 aliphatic heterocycles. The number of aromatic nitrogens is 2. The predicted molar refractivity (Wildman–Crippen MR) is 81.6 cm³/mol. The SMILES string of the molecule is CN(C(=O)c1ccc(C(F)(F)F)nc1)c1nc2ccccc2s1. The Morgan fingerprint density at radius 3 is 2.52 bits per heavy atom. The number of pyridine rings is 1. The van der Waals surface area contributed by atoms with Gasteiger partial charge in [-0.1, -0.05) is 23.5 Å². The fourth-order valence-electron chi connectivity index (χ4n) is 1.97. The standard InChI is InChI=1S/C15H10F3N3OS/c1-21(14-20-10-4-2-3-5-11(10)23-14)13(22)9-6-7-12(19-8-9)15(16,17)18/h2-8H,1H3. The molecule has 2 heterocycles. The number of benzene rings is 1. The van der Waals surface area contributed by atoms with Crippen LogP contribution in [0.25, 0.3) is 10.2 Å². The summed E-state index contributed by atoms with van der Waals surface area (Å²) in [5, 5.41) is 0.469. The van der Waals surface area contributed by atoms with Crippen molar-refractivity contribution < 1.29 is 18.0 Å². The number of para-hydroxylation sites is 1. The highest BCUT2D eigenvalue weighted by atomic mass is 32.1. The average Bonchev–Trinajstić information content (AvgIpc) is 2.96. The van der Waals surface area contributed by atoms with Gasteiger partial charge in [0.1, 0.15) is 5.69 Å². The van der Waals surface area contributed by atoms with Crippen LogP contribution in [-0.2, 0) is 6.18 Å². The molecule has 0 aliphatic carbocycles. The zero-order chi connectivity index (χ0) is 16.6. The largest absolute Gasteiger partial charge is 0.433 e. The zero-order valence-corrected chi connectivity index (χ0v) is 12.6. The van der Waals surface area contributed by atoms with E-state index in [9.17, 15) is 18.0 Å². The first kappa shape index (κ1) is 15.4. The van der Waals surface area contributed by atoms with Gasteiger partial charge in [0.05, 0.1) is 15.8 Å². The van der Waals surface area contributed by atoms with E-state index in [2.05, 4.69) is 9.97 Å². The number of carbonyl (C=O) groups excluding carboxylic acids is 1. The quantitative estimate of drug-likeness (QED) is 0.710. The number of rotatable bonds is 2. The maximum Gasteiger partial charge on any atom is 0.433 e. The van der Waals surface area contributed by atoms with Crippen molar-refractivity contribution >= 4 is 32.6 Å². The Kier molecular flexibility index (Phi) is 3.77. The van der Waals surface area contributed by atoms with Crippen LogP contribution >= 0.6 is 11.3 Å². The van der Waals surface area contributed by atoms with E-state index in [0.717, 1.165) is 28.5 Å². The number of amides is 1. The van der Waals surface area contributed by atoms with Crippen LogP contribution in [0.5, 0.6) is 0 Å². The van der Waals surface area contributed by atoms with Gasteiger partial charge in [0.15, 0.2) is 5.13 Å². The van der Waals surface area contributed by atoms with Crippen LogP contribution in [0.1, 0.15) is 16.1 Å². The van der Waals surface area contributed by atoms with Gasteiger partial charge in [-0.3, -0.25) is 14.7 Å². The molecule has 0 radical (unpaired) electrons. The molecule has 1 aromatic carbocycles. The lowest BCUT2D eigenvalue weighted by Gasteiger charge is -2.13. The van der Waals surface area contributed by atoms with Crippen molar-refractivity contribution in [2.24, 2.45) is 0 Å². The minimum atomic E-state index is -4.53. The number of alkyl halides is 3. The molecule has 3 aromatic rings. The van der Waals surface area contributed by atoms with E-state index in [-0.39, 0.29) is 5.56 Å². The number of hydrogen-bond donors (Lipinski definition) is 0. The lowest BCUT2D eigenvalue weighted by Crippen LogP contribution is -2.26. The molecule has 0 fully saturated rings. The maximum absolute atomic E-state index is 12.5. The molecule has 2 aromatic heterocycles. The summed E-state index contributed by atoms with van der Waals surface area (Å²) < 4.78 is 38.4. The Morgan fingerprint density at radius 1 is 1.17 bits per heavy atom. The van der Waals surface area contributed by atoms with E-state index in [0.29, 0.717) is 5.13 Å². The van der Waals surface area contributed by atoms with E-state index in [1.54, 1.807) is 0 Å². The van der Waals surface area contributed by atoms with Gasteiger partial charge in [0.2, 0.25) is 0 Å². The normalized spacial score (nSPS) is 11.7. The van der Waals surface area contributed by atoms with Crippen LogP contribution < -0.4 is 4.90 Å². The summed E-state index contributed by atoms with van der Waals surface area (Å²) in [5.41, 5.74) is -0.200. The molecule has 0 spiro atoms. The second-order valence-corrected chi connectivity index (χ2v) is 5.77.